The molecule has 0 aliphatic carbocycles. The maximum Gasteiger partial charge on any atom is 0.313 e. The standard InChI is InChI=1S/C9H13N3O3/c1-2-15-9(14)5-8(13)3-4-12-7-10-6-11-12/h6-7H,2-5H2,1H3. The minimum atomic E-state index is -0.471. The smallest absolute Gasteiger partial charge is 0.313 e. The molecule has 0 saturated carbocycles. The van der Waals surface area contributed by atoms with Crippen molar-refractivity contribution in [3.05, 3.63) is 12.7 Å². The van der Waals surface area contributed by atoms with Crippen LogP contribution in [0.15, 0.2) is 12.7 Å². The first-order valence-corrected chi connectivity index (χ1v) is 4.72. The molecule has 6 nitrogen and oxygen atoms in total. The molecule has 6 heteroatoms. The van der Waals surface area contributed by atoms with Gasteiger partial charge in [-0.2, -0.15) is 5.10 Å². The van der Waals surface area contributed by atoms with Crippen molar-refractivity contribution in [2.75, 3.05) is 6.61 Å². The van der Waals surface area contributed by atoms with Crippen LogP contribution in [0.4, 0.5) is 0 Å². The Kier molecular flexibility index (Phi) is 4.46. The molecule has 1 rings (SSSR count). The SMILES string of the molecule is CCOC(=O)CC(=O)CCn1cncn1. The summed E-state index contributed by atoms with van der Waals surface area (Å²) in [6, 6.07) is 0. The molecule has 0 aliphatic rings. The van der Waals surface area contributed by atoms with E-state index in [1.54, 1.807) is 11.6 Å². The van der Waals surface area contributed by atoms with Crippen molar-refractivity contribution < 1.29 is 14.3 Å². The molecule has 0 N–H and O–H groups in total. The van der Waals surface area contributed by atoms with E-state index in [2.05, 4.69) is 14.8 Å². The van der Waals surface area contributed by atoms with Crippen molar-refractivity contribution in [1.29, 1.82) is 0 Å². The molecule has 0 spiro atoms. The second kappa shape index (κ2) is 5.90. The van der Waals surface area contributed by atoms with E-state index in [0.717, 1.165) is 0 Å². The van der Waals surface area contributed by atoms with Gasteiger partial charge in [-0.1, -0.05) is 0 Å². The lowest BCUT2D eigenvalue weighted by molar-refractivity contribution is -0.145. The highest BCUT2D eigenvalue weighted by Crippen LogP contribution is 1.95. The predicted molar refractivity (Wildman–Crippen MR) is 50.9 cm³/mol. The number of hydrogen-bond acceptors (Lipinski definition) is 5. The van der Waals surface area contributed by atoms with E-state index in [1.165, 1.54) is 12.7 Å². The number of ether oxygens (including phenoxy) is 1. The van der Waals surface area contributed by atoms with E-state index in [1.807, 2.05) is 0 Å². The van der Waals surface area contributed by atoms with Gasteiger partial charge in [-0.15, -0.1) is 0 Å². The lowest BCUT2D eigenvalue weighted by Crippen LogP contribution is -2.13. The van der Waals surface area contributed by atoms with Gasteiger partial charge in [-0.3, -0.25) is 14.3 Å². The number of carbonyl (C=O) groups is 2. The van der Waals surface area contributed by atoms with Gasteiger partial charge in [0.2, 0.25) is 0 Å². The Bertz CT molecular complexity index is 321. The van der Waals surface area contributed by atoms with Crippen molar-refractivity contribution >= 4 is 11.8 Å². The number of hydrogen-bond donors (Lipinski definition) is 0. The predicted octanol–water partition coefficient (Wildman–Crippen LogP) is 0.190. The second-order valence-electron chi connectivity index (χ2n) is 2.93. The van der Waals surface area contributed by atoms with Gasteiger partial charge >= 0.3 is 5.97 Å². The van der Waals surface area contributed by atoms with Crippen LogP contribution in [0, 0.1) is 0 Å². The topological polar surface area (TPSA) is 74.1 Å². The first-order chi connectivity index (χ1) is 7.22. The molecule has 0 unspecified atom stereocenters. The van der Waals surface area contributed by atoms with Crippen LogP contribution in [0.5, 0.6) is 0 Å². The van der Waals surface area contributed by atoms with E-state index in [9.17, 15) is 9.59 Å². The molecule has 1 aromatic heterocycles. The molecule has 0 amide bonds. The van der Waals surface area contributed by atoms with E-state index in [-0.39, 0.29) is 18.6 Å². The van der Waals surface area contributed by atoms with Crippen molar-refractivity contribution in [1.82, 2.24) is 14.8 Å². The number of aromatic nitrogens is 3. The summed E-state index contributed by atoms with van der Waals surface area (Å²) in [5.41, 5.74) is 0. The van der Waals surface area contributed by atoms with Crippen LogP contribution in [-0.4, -0.2) is 33.1 Å². The highest BCUT2D eigenvalue weighted by atomic mass is 16.5. The molecular formula is C9H13N3O3. The minimum Gasteiger partial charge on any atom is -0.466 e. The number of nitrogens with zero attached hydrogens (tertiary/aromatic N) is 3. The summed E-state index contributed by atoms with van der Waals surface area (Å²) >= 11 is 0. The van der Waals surface area contributed by atoms with Gasteiger partial charge in [-0.25, -0.2) is 4.98 Å². The average molecular weight is 211 g/mol. The summed E-state index contributed by atoms with van der Waals surface area (Å²) in [7, 11) is 0. The lowest BCUT2D eigenvalue weighted by atomic mass is 10.2. The Balaban J connectivity index is 2.22. The van der Waals surface area contributed by atoms with Gasteiger partial charge in [0.25, 0.3) is 0 Å². The normalized spacial score (nSPS) is 9.93. The number of aryl methyl sites for hydroxylation is 1. The second-order valence-corrected chi connectivity index (χ2v) is 2.93. The molecule has 0 bridgehead atoms. The zero-order valence-corrected chi connectivity index (χ0v) is 8.55. The van der Waals surface area contributed by atoms with Gasteiger partial charge in [0, 0.05) is 13.0 Å². The summed E-state index contributed by atoms with van der Waals surface area (Å²) in [5, 5.41) is 3.84. The summed E-state index contributed by atoms with van der Waals surface area (Å²) in [4.78, 5) is 25.9. The van der Waals surface area contributed by atoms with Crippen molar-refractivity contribution in [2.45, 2.75) is 26.3 Å². The van der Waals surface area contributed by atoms with Gasteiger partial charge in [-0.05, 0) is 6.92 Å². The quantitative estimate of drug-likeness (QED) is 0.496. The third kappa shape index (κ3) is 4.35. The lowest BCUT2D eigenvalue weighted by Gasteiger charge is -2.01. The van der Waals surface area contributed by atoms with Crippen molar-refractivity contribution in [3.8, 4) is 0 Å². The molecule has 0 radical (unpaired) electrons. The molecule has 0 saturated heterocycles. The van der Waals surface area contributed by atoms with Crippen molar-refractivity contribution in [2.24, 2.45) is 0 Å². The summed E-state index contributed by atoms with van der Waals surface area (Å²) in [5.74, 6) is -0.620. The fourth-order valence-corrected chi connectivity index (χ4v) is 1.05. The number of esters is 1. The Hall–Kier alpha value is -1.72. The summed E-state index contributed by atoms with van der Waals surface area (Å²) in [6.45, 7) is 2.45. The first kappa shape index (κ1) is 11.4. The van der Waals surface area contributed by atoms with Gasteiger partial charge in [0.1, 0.15) is 24.9 Å². The van der Waals surface area contributed by atoms with E-state index in [0.29, 0.717) is 13.2 Å². The molecule has 0 aromatic carbocycles. The van der Waals surface area contributed by atoms with Crippen LogP contribution in [0.2, 0.25) is 0 Å². The Morgan fingerprint density at radius 3 is 2.87 bits per heavy atom. The first-order valence-electron chi connectivity index (χ1n) is 4.72. The van der Waals surface area contributed by atoms with Gasteiger partial charge in [0.05, 0.1) is 6.61 Å². The Morgan fingerprint density at radius 2 is 2.27 bits per heavy atom. The van der Waals surface area contributed by atoms with Crippen LogP contribution in [0.1, 0.15) is 19.8 Å². The van der Waals surface area contributed by atoms with Crippen LogP contribution < -0.4 is 0 Å². The molecule has 1 heterocycles. The van der Waals surface area contributed by atoms with Crippen molar-refractivity contribution in [3.63, 3.8) is 0 Å². The fourth-order valence-electron chi connectivity index (χ4n) is 1.05. The molecule has 0 fully saturated rings. The third-order valence-corrected chi connectivity index (χ3v) is 1.73. The van der Waals surface area contributed by atoms with E-state index in [4.69, 9.17) is 0 Å². The summed E-state index contributed by atoms with van der Waals surface area (Å²) in [6.07, 6.45) is 3.03. The van der Waals surface area contributed by atoms with Crippen LogP contribution in [-0.2, 0) is 20.9 Å². The Morgan fingerprint density at radius 1 is 1.47 bits per heavy atom. The maximum absolute atomic E-state index is 11.3. The molecule has 0 atom stereocenters. The molecule has 82 valence electrons. The number of Topliss-reactive ketones (excluding diaryl/α,β-unsaturated/α-hetero) is 1. The minimum absolute atomic E-state index is 0.149. The highest BCUT2D eigenvalue weighted by molar-refractivity contribution is 5.95. The van der Waals surface area contributed by atoms with Gasteiger partial charge in [0.15, 0.2) is 0 Å². The maximum atomic E-state index is 11.3. The van der Waals surface area contributed by atoms with Crippen LogP contribution in [0.3, 0.4) is 0 Å². The van der Waals surface area contributed by atoms with Gasteiger partial charge < -0.3 is 4.74 Å². The van der Waals surface area contributed by atoms with Crippen LogP contribution in [0.25, 0.3) is 0 Å². The zero-order valence-electron chi connectivity index (χ0n) is 8.55. The fraction of sp³-hybridized carbons (Fsp3) is 0.556. The average Bonchev–Trinajstić information content (AvgIpc) is 2.67. The number of ketones is 1. The summed E-state index contributed by atoms with van der Waals surface area (Å²) < 4.78 is 6.20. The number of carbonyl (C=O) groups excluding carboxylic acids is 2. The van der Waals surface area contributed by atoms with E-state index < -0.39 is 5.97 Å². The van der Waals surface area contributed by atoms with E-state index >= 15 is 0 Å². The Labute approximate surface area is 87.2 Å². The largest absolute Gasteiger partial charge is 0.466 e. The molecule has 15 heavy (non-hydrogen) atoms. The molecular weight excluding hydrogens is 198 g/mol. The monoisotopic (exact) mass is 211 g/mol. The highest BCUT2D eigenvalue weighted by Gasteiger charge is 2.10. The number of rotatable bonds is 6. The molecule has 1 aromatic rings. The zero-order chi connectivity index (χ0) is 11.1. The molecule has 0 aliphatic heterocycles. The third-order valence-electron chi connectivity index (χ3n) is 1.73. The van der Waals surface area contributed by atoms with Crippen LogP contribution >= 0.6 is 0 Å².